The molecule has 0 fully saturated rings. The maximum absolute atomic E-state index is 5.64. The Bertz CT molecular complexity index is 978. The smallest absolute Gasteiger partial charge is 0.137 e. The third-order valence-electron chi connectivity index (χ3n) is 5.13. The van der Waals surface area contributed by atoms with E-state index in [-0.39, 0.29) is 12.1 Å². The summed E-state index contributed by atoms with van der Waals surface area (Å²) in [4.78, 5) is 5.06. The van der Waals surface area contributed by atoms with E-state index in [0.717, 1.165) is 17.0 Å². The fourth-order valence-corrected chi connectivity index (χ4v) is 3.70. The fourth-order valence-electron chi connectivity index (χ4n) is 3.70. The van der Waals surface area contributed by atoms with E-state index in [4.69, 9.17) is 19.2 Å². The second kappa shape index (κ2) is 8.27. The van der Waals surface area contributed by atoms with Crippen LogP contribution in [0, 0.1) is 0 Å². The van der Waals surface area contributed by atoms with Gasteiger partial charge in [0.25, 0.3) is 0 Å². The second-order valence-electron chi connectivity index (χ2n) is 6.77. The number of aliphatic imine (C=N–C) groups is 1. The molecular formula is C24H24N2O3. The number of hydrogen-bond donors (Lipinski definition) is 1. The van der Waals surface area contributed by atoms with Gasteiger partial charge in [-0.1, -0.05) is 60.7 Å². The van der Waals surface area contributed by atoms with Crippen LogP contribution in [0.4, 0.5) is 0 Å². The molecule has 0 bridgehead atoms. The van der Waals surface area contributed by atoms with Gasteiger partial charge < -0.3 is 19.5 Å². The molecule has 5 nitrogen and oxygen atoms in total. The number of amidine groups is 1. The highest BCUT2D eigenvalue weighted by atomic mass is 16.5. The van der Waals surface area contributed by atoms with Gasteiger partial charge in [0.05, 0.1) is 27.4 Å². The standard InChI is InChI=1S/C24H24N2O3/c1-27-18-14-19(28-2)21(20(15-18)29-3)24-25-22(16-10-6-4-7-11-16)23(26-24)17-12-8-5-9-13-17/h4-15,22-23H,1-3H3,(H,25,26)/t22-,23-/m1/s1. The average molecular weight is 388 g/mol. The molecule has 1 N–H and O–H groups in total. The van der Waals surface area contributed by atoms with Gasteiger partial charge in [0.2, 0.25) is 0 Å². The number of hydrogen-bond acceptors (Lipinski definition) is 5. The van der Waals surface area contributed by atoms with E-state index in [0.29, 0.717) is 17.2 Å². The molecule has 0 radical (unpaired) electrons. The van der Waals surface area contributed by atoms with Crippen LogP contribution in [0.15, 0.2) is 77.8 Å². The molecule has 4 rings (SSSR count). The first kappa shape index (κ1) is 18.9. The predicted octanol–water partition coefficient (Wildman–Crippen LogP) is 4.54. The van der Waals surface area contributed by atoms with E-state index in [2.05, 4.69) is 29.6 Å². The molecule has 0 aromatic heterocycles. The molecule has 148 valence electrons. The Labute approximate surface area is 171 Å². The zero-order valence-corrected chi connectivity index (χ0v) is 16.8. The minimum atomic E-state index is -0.0647. The number of rotatable bonds is 6. The van der Waals surface area contributed by atoms with E-state index in [1.807, 2.05) is 48.5 Å². The van der Waals surface area contributed by atoms with Gasteiger partial charge in [-0.2, -0.15) is 0 Å². The summed E-state index contributed by atoms with van der Waals surface area (Å²) in [6, 6.07) is 24.3. The molecule has 0 unspecified atom stereocenters. The molecule has 0 amide bonds. The van der Waals surface area contributed by atoms with Gasteiger partial charge in [-0.05, 0) is 11.1 Å². The van der Waals surface area contributed by atoms with Crippen molar-refractivity contribution >= 4 is 5.84 Å². The highest BCUT2D eigenvalue weighted by molar-refractivity contribution is 6.05. The highest BCUT2D eigenvalue weighted by Crippen LogP contribution is 2.41. The fraction of sp³-hybridized carbons (Fsp3) is 0.208. The van der Waals surface area contributed by atoms with Gasteiger partial charge in [-0.25, -0.2) is 0 Å². The van der Waals surface area contributed by atoms with Gasteiger partial charge >= 0.3 is 0 Å². The van der Waals surface area contributed by atoms with Crippen LogP contribution < -0.4 is 19.5 Å². The summed E-state index contributed by atoms with van der Waals surface area (Å²) < 4.78 is 16.7. The van der Waals surface area contributed by atoms with Crippen LogP contribution >= 0.6 is 0 Å². The van der Waals surface area contributed by atoms with Gasteiger partial charge in [0.15, 0.2) is 0 Å². The first-order valence-electron chi connectivity index (χ1n) is 9.49. The quantitative estimate of drug-likeness (QED) is 0.673. The third-order valence-corrected chi connectivity index (χ3v) is 5.13. The topological polar surface area (TPSA) is 52.1 Å². The van der Waals surface area contributed by atoms with Crippen molar-refractivity contribution in [3.05, 3.63) is 89.5 Å². The molecule has 0 saturated carbocycles. The molecule has 1 heterocycles. The Morgan fingerprint density at radius 1 is 0.724 bits per heavy atom. The van der Waals surface area contributed by atoms with Crippen LogP contribution in [0.3, 0.4) is 0 Å². The third kappa shape index (κ3) is 3.63. The summed E-state index contributed by atoms with van der Waals surface area (Å²) in [5, 5.41) is 3.61. The molecule has 1 aliphatic rings. The van der Waals surface area contributed by atoms with Crippen molar-refractivity contribution < 1.29 is 14.2 Å². The average Bonchev–Trinajstić information content (AvgIpc) is 3.24. The van der Waals surface area contributed by atoms with E-state index < -0.39 is 0 Å². The van der Waals surface area contributed by atoms with Crippen molar-refractivity contribution in [3.63, 3.8) is 0 Å². The molecule has 5 heteroatoms. The summed E-state index contributed by atoms with van der Waals surface area (Å²) in [6.45, 7) is 0. The first-order valence-corrected chi connectivity index (χ1v) is 9.49. The normalized spacial score (nSPS) is 18.0. The van der Waals surface area contributed by atoms with Crippen LogP contribution in [-0.2, 0) is 0 Å². The summed E-state index contributed by atoms with van der Waals surface area (Å²) >= 11 is 0. The molecule has 0 aliphatic carbocycles. The maximum atomic E-state index is 5.64. The van der Waals surface area contributed by atoms with E-state index in [9.17, 15) is 0 Å². The molecule has 3 aromatic rings. The SMILES string of the molecule is COc1cc(OC)c(C2=N[C@H](c3ccccc3)[C@@H](c3ccccc3)N2)c(OC)c1. The van der Waals surface area contributed by atoms with Gasteiger partial charge in [0, 0.05) is 12.1 Å². The van der Waals surface area contributed by atoms with E-state index >= 15 is 0 Å². The molecule has 2 atom stereocenters. The lowest BCUT2D eigenvalue weighted by molar-refractivity contribution is 0.374. The number of benzene rings is 3. The van der Waals surface area contributed by atoms with Crippen molar-refractivity contribution in [2.24, 2.45) is 4.99 Å². The van der Waals surface area contributed by atoms with Gasteiger partial charge in [-0.15, -0.1) is 0 Å². The Morgan fingerprint density at radius 2 is 1.28 bits per heavy atom. The zero-order valence-electron chi connectivity index (χ0n) is 16.8. The Hall–Kier alpha value is -3.47. The monoisotopic (exact) mass is 388 g/mol. The largest absolute Gasteiger partial charge is 0.496 e. The van der Waals surface area contributed by atoms with Crippen LogP contribution in [0.5, 0.6) is 17.2 Å². The number of ether oxygens (including phenoxy) is 3. The Kier molecular flexibility index (Phi) is 5.38. The molecule has 0 saturated heterocycles. The van der Waals surface area contributed by atoms with Crippen molar-refractivity contribution in [3.8, 4) is 17.2 Å². The van der Waals surface area contributed by atoms with Gasteiger partial charge in [-0.3, -0.25) is 4.99 Å². The minimum Gasteiger partial charge on any atom is -0.496 e. The predicted molar refractivity (Wildman–Crippen MR) is 114 cm³/mol. The molecule has 0 spiro atoms. The minimum absolute atomic E-state index is 0.00474. The van der Waals surface area contributed by atoms with Gasteiger partial charge in [0.1, 0.15) is 34.7 Å². The van der Waals surface area contributed by atoms with Crippen molar-refractivity contribution in [2.45, 2.75) is 12.1 Å². The molecule has 1 aliphatic heterocycles. The van der Waals surface area contributed by atoms with Crippen molar-refractivity contribution in [1.29, 1.82) is 0 Å². The molecule has 29 heavy (non-hydrogen) atoms. The number of methoxy groups -OCH3 is 3. The summed E-state index contributed by atoms with van der Waals surface area (Å²) in [5.41, 5.74) is 3.11. The molecular weight excluding hydrogens is 364 g/mol. The van der Waals surface area contributed by atoms with Crippen LogP contribution in [0.25, 0.3) is 0 Å². The second-order valence-corrected chi connectivity index (χ2v) is 6.77. The Morgan fingerprint density at radius 3 is 1.79 bits per heavy atom. The van der Waals surface area contributed by atoms with Crippen molar-refractivity contribution in [1.82, 2.24) is 5.32 Å². The number of nitrogens with one attached hydrogen (secondary N) is 1. The maximum Gasteiger partial charge on any atom is 0.137 e. The highest BCUT2D eigenvalue weighted by Gasteiger charge is 2.34. The lowest BCUT2D eigenvalue weighted by atomic mass is 9.95. The van der Waals surface area contributed by atoms with E-state index in [1.165, 1.54) is 5.56 Å². The first-order chi connectivity index (χ1) is 14.2. The molecule has 3 aromatic carbocycles. The van der Waals surface area contributed by atoms with E-state index in [1.54, 1.807) is 21.3 Å². The lowest BCUT2D eigenvalue weighted by Crippen LogP contribution is -2.25. The Balaban J connectivity index is 1.83. The van der Waals surface area contributed by atoms with Crippen LogP contribution in [-0.4, -0.2) is 27.2 Å². The van der Waals surface area contributed by atoms with Crippen LogP contribution in [0.1, 0.15) is 28.8 Å². The lowest BCUT2D eigenvalue weighted by Gasteiger charge is -2.20. The zero-order chi connectivity index (χ0) is 20.2. The summed E-state index contributed by atoms with van der Waals surface area (Å²) in [6.07, 6.45) is 0. The van der Waals surface area contributed by atoms with Crippen LogP contribution in [0.2, 0.25) is 0 Å². The summed E-state index contributed by atoms with van der Waals surface area (Å²) in [5.74, 6) is 2.70. The number of nitrogens with zero attached hydrogens (tertiary/aromatic N) is 1. The summed E-state index contributed by atoms with van der Waals surface area (Å²) in [7, 11) is 4.89. The van der Waals surface area contributed by atoms with Crippen molar-refractivity contribution in [2.75, 3.05) is 21.3 Å².